The molecular weight excluding hydrogens is 384 g/mol. The fraction of sp³-hybridized carbons (Fsp3) is 0.421. The molecule has 2 aromatic rings. The molecule has 0 unspecified atom stereocenters. The van der Waals surface area contributed by atoms with E-state index in [1.807, 2.05) is 11.4 Å². The van der Waals surface area contributed by atoms with Crippen LogP contribution in [0.1, 0.15) is 34.6 Å². The number of methoxy groups -OCH3 is 1. The van der Waals surface area contributed by atoms with Gasteiger partial charge < -0.3 is 9.64 Å². The van der Waals surface area contributed by atoms with Crippen molar-refractivity contribution in [2.45, 2.75) is 31.7 Å². The van der Waals surface area contributed by atoms with Gasteiger partial charge in [-0.15, -0.1) is 11.3 Å². The Morgan fingerprint density at radius 1 is 1.26 bits per heavy atom. The Morgan fingerprint density at radius 2 is 2.00 bits per heavy atom. The molecule has 0 spiro atoms. The van der Waals surface area contributed by atoms with Gasteiger partial charge in [0.25, 0.3) is 5.91 Å². The first-order valence-corrected chi connectivity index (χ1v) is 11.3. The number of rotatable bonds is 6. The smallest absolute Gasteiger partial charge is 0.257 e. The lowest BCUT2D eigenvalue weighted by molar-refractivity contribution is 0.0732. The maximum absolute atomic E-state index is 13.1. The van der Waals surface area contributed by atoms with Gasteiger partial charge >= 0.3 is 0 Å². The molecule has 3 rings (SSSR count). The zero-order valence-electron chi connectivity index (χ0n) is 15.8. The number of fused-ring (bicyclic) bond motifs is 1. The summed E-state index contributed by atoms with van der Waals surface area (Å²) in [4.78, 5) is 16.3. The molecule has 0 aliphatic carbocycles. The van der Waals surface area contributed by atoms with Gasteiger partial charge in [-0.2, -0.15) is 4.31 Å². The van der Waals surface area contributed by atoms with E-state index >= 15 is 0 Å². The third-order valence-electron chi connectivity index (χ3n) is 4.84. The highest BCUT2D eigenvalue weighted by molar-refractivity contribution is 7.89. The van der Waals surface area contributed by atoms with Gasteiger partial charge in [0.1, 0.15) is 5.75 Å². The quantitative estimate of drug-likeness (QED) is 0.737. The van der Waals surface area contributed by atoms with Gasteiger partial charge in [-0.05, 0) is 41.6 Å². The van der Waals surface area contributed by atoms with Crippen molar-refractivity contribution in [3.05, 3.63) is 45.6 Å². The van der Waals surface area contributed by atoms with Crippen LogP contribution in [0.15, 0.2) is 34.5 Å². The van der Waals surface area contributed by atoms with Crippen LogP contribution in [0.5, 0.6) is 5.75 Å². The lowest BCUT2D eigenvalue weighted by atomic mass is 10.1. The molecule has 0 atom stereocenters. The van der Waals surface area contributed by atoms with E-state index in [1.165, 1.54) is 28.4 Å². The van der Waals surface area contributed by atoms with Crippen molar-refractivity contribution >= 4 is 27.3 Å². The van der Waals surface area contributed by atoms with E-state index in [0.29, 0.717) is 31.9 Å². The molecule has 1 aromatic heterocycles. The number of amides is 1. The van der Waals surface area contributed by atoms with E-state index in [2.05, 4.69) is 0 Å². The standard InChI is InChI=1S/C19H24N2O4S2/c1-4-21(5-2)27(23,24)15-6-7-17(25-3)16(12-15)19(22)20-10-8-18-14(13-20)9-11-26-18/h6-7,9,11-12H,4-5,8,10,13H2,1-3H3. The van der Waals surface area contributed by atoms with Crippen molar-refractivity contribution in [3.63, 3.8) is 0 Å². The predicted octanol–water partition coefficient (Wildman–Crippen LogP) is 2.99. The molecule has 2 heterocycles. The van der Waals surface area contributed by atoms with Crippen LogP contribution < -0.4 is 4.74 Å². The summed E-state index contributed by atoms with van der Waals surface area (Å²) in [6.07, 6.45) is 0.818. The Kier molecular flexibility index (Phi) is 5.88. The highest BCUT2D eigenvalue weighted by Crippen LogP contribution is 2.29. The Labute approximate surface area is 164 Å². The monoisotopic (exact) mass is 408 g/mol. The molecule has 8 heteroatoms. The molecule has 1 amide bonds. The zero-order chi connectivity index (χ0) is 19.6. The van der Waals surface area contributed by atoms with Crippen LogP contribution in [0.3, 0.4) is 0 Å². The minimum absolute atomic E-state index is 0.114. The first-order chi connectivity index (χ1) is 12.9. The van der Waals surface area contributed by atoms with E-state index < -0.39 is 10.0 Å². The molecule has 0 N–H and O–H groups in total. The summed E-state index contributed by atoms with van der Waals surface area (Å²) >= 11 is 1.71. The molecule has 1 aromatic carbocycles. The van der Waals surface area contributed by atoms with Gasteiger partial charge in [-0.3, -0.25) is 4.79 Å². The zero-order valence-corrected chi connectivity index (χ0v) is 17.4. The summed E-state index contributed by atoms with van der Waals surface area (Å²) < 4.78 is 32.4. The maximum atomic E-state index is 13.1. The van der Waals surface area contributed by atoms with Crippen molar-refractivity contribution in [2.75, 3.05) is 26.7 Å². The first-order valence-electron chi connectivity index (χ1n) is 8.95. The largest absolute Gasteiger partial charge is 0.496 e. The number of carbonyl (C=O) groups is 1. The van der Waals surface area contributed by atoms with E-state index in [0.717, 1.165) is 12.0 Å². The second-order valence-electron chi connectivity index (χ2n) is 6.30. The number of hydrogen-bond acceptors (Lipinski definition) is 5. The maximum Gasteiger partial charge on any atom is 0.257 e. The Balaban J connectivity index is 1.96. The molecule has 0 fully saturated rings. The van der Waals surface area contributed by atoms with Gasteiger partial charge in [0, 0.05) is 31.1 Å². The van der Waals surface area contributed by atoms with Crippen LogP contribution >= 0.6 is 11.3 Å². The Morgan fingerprint density at radius 3 is 2.67 bits per heavy atom. The van der Waals surface area contributed by atoms with Crippen LogP contribution in [0.25, 0.3) is 0 Å². The Hall–Kier alpha value is -1.90. The number of sulfonamides is 1. The number of thiophene rings is 1. The predicted molar refractivity (Wildman–Crippen MR) is 106 cm³/mol. The fourth-order valence-corrected chi connectivity index (χ4v) is 5.69. The second kappa shape index (κ2) is 8.00. The topological polar surface area (TPSA) is 66.9 Å². The Bertz CT molecular complexity index is 933. The summed E-state index contributed by atoms with van der Waals surface area (Å²) in [5.41, 5.74) is 1.44. The molecule has 27 heavy (non-hydrogen) atoms. The third kappa shape index (κ3) is 3.74. The van der Waals surface area contributed by atoms with Crippen LogP contribution in [0, 0.1) is 0 Å². The number of nitrogens with zero attached hydrogens (tertiary/aromatic N) is 2. The highest BCUT2D eigenvalue weighted by atomic mass is 32.2. The molecule has 1 aliphatic heterocycles. The average molecular weight is 409 g/mol. The third-order valence-corrected chi connectivity index (χ3v) is 7.91. The van der Waals surface area contributed by atoms with E-state index in [1.54, 1.807) is 36.2 Å². The van der Waals surface area contributed by atoms with Gasteiger partial charge in [0.05, 0.1) is 17.6 Å². The molecule has 6 nitrogen and oxygen atoms in total. The molecular formula is C19H24N2O4S2. The van der Waals surface area contributed by atoms with Crippen LogP contribution in [0.2, 0.25) is 0 Å². The number of benzene rings is 1. The summed E-state index contributed by atoms with van der Waals surface area (Å²) in [5.74, 6) is 0.176. The fourth-order valence-electron chi connectivity index (χ4n) is 3.32. The van der Waals surface area contributed by atoms with Gasteiger partial charge in [-0.25, -0.2) is 8.42 Å². The molecule has 0 radical (unpaired) electrons. The normalized spacial score (nSPS) is 14.3. The van der Waals surface area contributed by atoms with Crippen molar-refractivity contribution in [1.29, 1.82) is 0 Å². The number of carbonyl (C=O) groups excluding carboxylic acids is 1. The summed E-state index contributed by atoms with van der Waals surface area (Å²) in [5, 5.41) is 2.04. The summed E-state index contributed by atoms with van der Waals surface area (Å²) in [6, 6.07) is 6.54. The lowest BCUT2D eigenvalue weighted by Gasteiger charge is -2.28. The minimum atomic E-state index is -3.64. The molecule has 146 valence electrons. The van der Waals surface area contributed by atoms with E-state index in [-0.39, 0.29) is 16.4 Å². The molecule has 0 bridgehead atoms. The van der Waals surface area contributed by atoms with Crippen molar-refractivity contribution in [2.24, 2.45) is 0 Å². The summed E-state index contributed by atoms with van der Waals surface area (Å²) in [6.45, 7) is 5.49. The number of ether oxygens (including phenoxy) is 1. The van der Waals surface area contributed by atoms with E-state index in [9.17, 15) is 13.2 Å². The molecule has 0 saturated carbocycles. The molecule has 0 saturated heterocycles. The van der Waals surface area contributed by atoms with Crippen molar-refractivity contribution < 1.29 is 17.9 Å². The highest BCUT2D eigenvalue weighted by Gasteiger charge is 2.28. The van der Waals surface area contributed by atoms with Crippen molar-refractivity contribution in [1.82, 2.24) is 9.21 Å². The van der Waals surface area contributed by atoms with Crippen LogP contribution in [-0.4, -0.2) is 50.3 Å². The lowest BCUT2D eigenvalue weighted by Crippen LogP contribution is -2.36. The first kappa shape index (κ1) is 19.9. The van der Waals surface area contributed by atoms with Gasteiger partial charge in [-0.1, -0.05) is 13.8 Å². The minimum Gasteiger partial charge on any atom is -0.496 e. The molecule has 1 aliphatic rings. The SMILES string of the molecule is CCN(CC)S(=O)(=O)c1ccc(OC)c(C(=O)N2CCc3sccc3C2)c1. The number of hydrogen-bond donors (Lipinski definition) is 0. The summed E-state index contributed by atoms with van der Waals surface area (Å²) in [7, 11) is -2.16. The van der Waals surface area contributed by atoms with Crippen LogP contribution in [0.4, 0.5) is 0 Å². The van der Waals surface area contributed by atoms with Crippen LogP contribution in [-0.2, 0) is 23.0 Å². The van der Waals surface area contributed by atoms with Gasteiger partial charge in [0.2, 0.25) is 10.0 Å². The average Bonchev–Trinajstić information content (AvgIpc) is 3.15. The van der Waals surface area contributed by atoms with Gasteiger partial charge in [0.15, 0.2) is 0 Å². The second-order valence-corrected chi connectivity index (χ2v) is 9.24. The van der Waals surface area contributed by atoms with E-state index in [4.69, 9.17) is 4.74 Å². The van der Waals surface area contributed by atoms with Crippen molar-refractivity contribution in [3.8, 4) is 5.75 Å².